The fourth-order valence-electron chi connectivity index (χ4n) is 3.92. The first-order valence-electron chi connectivity index (χ1n) is 7.27. The summed E-state index contributed by atoms with van der Waals surface area (Å²) >= 11 is 0. The smallest absolute Gasteiger partial charge is 0.311 e. The zero-order valence-corrected chi connectivity index (χ0v) is 12.3. The minimum Gasteiger partial charge on any atom is -0.481 e. The third-order valence-electron chi connectivity index (χ3n) is 5.08. The third-order valence-corrected chi connectivity index (χ3v) is 6.94. The monoisotopic (exact) mass is 303 g/mol. The van der Waals surface area contributed by atoms with Gasteiger partial charge >= 0.3 is 5.97 Å². The molecule has 2 heterocycles. The Balaban J connectivity index is 1.74. The molecule has 0 aromatic heterocycles. The number of ether oxygens (including phenoxy) is 1. The summed E-state index contributed by atoms with van der Waals surface area (Å²) in [5.41, 5.74) is -0.844. The van der Waals surface area contributed by atoms with Gasteiger partial charge < -0.3 is 9.84 Å². The molecule has 20 heavy (non-hydrogen) atoms. The highest BCUT2D eigenvalue weighted by molar-refractivity contribution is 7.89. The van der Waals surface area contributed by atoms with Gasteiger partial charge in [0.2, 0.25) is 10.0 Å². The molecule has 0 radical (unpaired) electrons. The van der Waals surface area contributed by atoms with E-state index in [2.05, 4.69) is 0 Å². The average molecular weight is 303 g/mol. The lowest BCUT2D eigenvalue weighted by molar-refractivity contribution is -0.149. The number of fused-ring (bicyclic) bond motifs is 1. The molecule has 3 rings (SSSR count). The SMILES string of the molecule is O=C(O)[C@@]12CCC[C@H]1CN(S(=O)(=O)CC1CCCO1)C2. The van der Waals surface area contributed by atoms with E-state index in [-0.39, 0.29) is 24.3 Å². The summed E-state index contributed by atoms with van der Waals surface area (Å²) in [6.07, 6.45) is 3.76. The summed E-state index contributed by atoms with van der Waals surface area (Å²) in [6, 6.07) is 0. The van der Waals surface area contributed by atoms with Crippen LogP contribution in [-0.2, 0) is 19.6 Å². The molecule has 1 N–H and O–H groups in total. The fraction of sp³-hybridized carbons (Fsp3) is 0.923. The highest BCUT2D eigenvalue weighted by atomic mass is 32.2. The molecule has 3 fully saturated rings. The van der Waals surface area contributed by atoms with Crippen molar-refractivity contribution < 1.29 is 23.1 Å². The van der Waals surface area contributed by atoms with E-state index in [1.165, 1.54) is 4.31 Å². The van der Waals surface area contributed by atoms with Crippen molar-refractivity contribution in [3.05, 3.63) is 0 Å². The zero-order valence-electron chi connectivity index (χ0n) is 11.5. The Bertz CT molecular complexity index is 499. The molecule has 3 atom stereocenters. The maximum absolute atomic E-state index is 12.4. The van der Waals surface area contributed by atoms with Crippen molar-refractivity contribution in [2.75, 3.05) is 25.4 Å². The summed E-state index contributed by atoms with van der Waals surface area (Å²) in [5, 5.41) is 9.50. The van der Waals surface area contributed by atoms with E-state index in [0.717, 1.165) is 25.7 Å². The summed E-state index contributed by atoms with van der Waals surface area (Å²) in [5.74, 6) is -0.871. The van der Waals surface area contributed by atoms with Crippen molar-refractivity contribution in [1.29, 1.82) is 0 Å². The van der Waals surface area contributed by atoms with Crippen LogP contribution >= 0.6 is 0 Å². The molecule has 0 amide bonds. The Labute approximate surface area is 119 Å². The van der Waals surface area contributed by atoms with Crippen molar-refractivity contribution in [2.45, 2.75) is 38.2 Å². The predicted molar refractivity (Wildman–Crippen MR) is 71.7 cm³/mol. The van der Waals surface area contributed by atoms with Crippen molar-refractivity contribution >= 4 is 16.0 Å². The quantitative estimate of drug-likeness (QED) is 0.825. The van der Waals surface area contributed by atoms with Crippen molar-refractivity contribution in [3.63, 3.8) is 0 Å². The van der Waals surface area contributed by atoms with Gasteiger partial charge in [-0.1, -0.05) is 6.42 Å². The van der Waals surface area contributed by atoms with E-state index in [1.54, 1.807) is 0 Å². The van der Waals surface area contributed by atoms with Crippen LogP contribution in [0.2, 0.25) is 0 Å². The number of hydrogen-bond donors (Lipinski definition) is 1. The number of carbonyl (C=O) groups is 1. The number of carboxylic acids is 1. The Hall–Kier alpha value is -0.660. The van der Waals surface area contributed by atoms with Gasteiger partial charge in [-0.3, -0.25) is 4.79 Å². The number of hydrogen-bond acceptors (Lipinski definition) is 4. The molecule has 1 saturated carbocycles. The second-order valence-corrected chi connectivity index (χ2v) is 8.27. The lowest BCUT2D eigenvalue weighted by Gasteiger charge is -2.23. The molecule has 0 aromatic rings. The van der Waals surface area contributed by atoms with Crippen LogP contribution in [0.25, 0.3) is 0 Å². The van der Waals surface area contributed by atoms with Crippen LogP contribution < -0.4 is 0 Å². The molecule has 3 aliphatic rings. The molecule has 1 aliphatic carbocycles. The fourth-order valence-corrected chi connectivity index (χ4v) is 5.70. The lowest BCUT2D eigenvalue weighted by Crippen LogP contribution is -2.39. The Morgan fingerprint density at radius 2 is 2.15 bits per heavy atom. The Morgan fingerprint density at radius 1 is 1.35 bits per heavy atom. The van der Waals surface area contributed by atoms with Gasteiger partial charge in [-0.25, -0.2) is 12.7 Å². The first-order valence-corrected chi connectivity index (χ1v) is 8.88. The van der Waals surface area contributed by atoms with E-state index in [4.69, 9.17) is 4.74 Å². The van der Waals surface area contributed by atoms with Crippen LogP contribution in [0.1, 0.15) is 32.1 Å². The second kappa shape index (κ2) is 4.96. The molecule has 2 saturated heterocycles. The zero-order chi connectivity index (χ0) is 14.4. The largest absolute Gasteiger partial charge is 0.481 e. The van der Waals surface area contributed by atoms with Gasteiger partial charge in [0.05, 0.1) is 17.3 Å². The topological polar surface area (TPSA) is 83.9 Å². The van der Waals surface area contributed by atoms with Gasteiger partial charge in [0.1, 0.15) is 0 Å². The predicted octanol–water partition coefficient (Wildman–Crippen LogP) is 0.682. The van der Waals surface area contributed by atoms with Crippen LogP contribution in [0.5, 0.6) is 0 Å². The number of rotatable bonds is 4. The number of sulfonamides is 1. The lowest BCUT2D eigenvalue weighted by atomic mass is 9.81. The van der Waals surface area contributed by atoms with E-state index in [0.29, 0.717) is 19.6 Å². The minimum atomic E-state index is -3.41. The van der Waals surface area contributed by atoms with Crippen LogP contribution in [0, 0.1) is 11.3 Å². The van der Waals surface area contributed by atoms with Gasteiger partial charge in [0.15, 0.2) is 0 Å². The molecule has 2 aliphatic heterocycles. The maximum atomic E-state index is 12.4. The summed E-state index contributed by atoms with van der Waals surface area (Å²) in [6.45, 7) is 1.13. The molecule has 7 heteroatoms. The number of aliphatic carboxylic acids is 1. The molecule has 6 nitrogen and oxygen atoms in total. The van der Waals surface area contributed by atoms with Gasteiger partial charge in [0.25, 0.3) is 0 Å². The summed E-state index contributed by atoms with van der Waals surface area (Å²) < 4.78 is 31.7. The highest BCUT2D eigenvalue weighted by Gasteiger charge is 2.57. The molecule has 114 valence electrons. The van der Waals surface area contributed by atoms with Crippen molar-refractivity contribution in [2.24, 2.45) is 11.3 Å². The van der Waals surface area contributed by atoms with Crippen molar-refractivity contribution in [3.8, 4) is 0 Å². The Kier molecular flexibility index (Phi) is 3.54. The first-order chi connectivity index (χ1) is 9.44. The van der Waals surface area contributed by atoms with Crippen LogP contribution in [0.15, 0.2) is 0 Å². The molecule has 0 bridgehead atoms. The van der Waals surface area contributed by atoms with Crippen LogP contribution in [0.4, 0.5) is 0 Å². The molecule has 0 aromatic carbocycles. The van der Waals surface area contributed by atoms with Gasteiger partial charge in [0, 0.05) is 19.7 Å². The van der Waals surface area contributed by atoms with E-state index in [1.807, 2.05) is 0 Å². The number of carboxylic acid groups (broad SMARTS) is 1. The van der Waals surface area contributed by atoms with Gasteiger partial charge in [-0.2, -0.15) is 0 Å². The molecular formula is C13H21NO5S. The standard InChI is InChI=1S/C13H21NO5S/c15-12(16)13-5-1-3-10(13)7-14(9-13)20(17,18)8-11-4-2-6-19-11/h10-11H,1-9H2,(H,15,16)/t10-,11?,13+/m0/s1. The van der Waals surface area contributed by atoms with Gasteiger partial charge in [-0.15, -0.1) is 0 Å². The molecular weight excluding hydrogens is 282 g/mol. The van der Waals surface area contributed by atoms with Crippen LogP contribution in [-0.4, -0.2) is 55.4 Å². The summed E-state index contributed by atoms with van der Waals surface area (Å²) in [7, 11) is -3.41. The minimum absolute atomic E-state index is 0.00454. The first kappa shape index (κ1) is 14.3. The van der Waals surface area contributed by atoms with Crippen LogP contribution in [0.3, 0.4) is 0 Å². The highest BCUT2D eigenvalue weighted by Crippen LogP contribution is 2.49. The maximum Gasteiger partial charge on any atom is 0.311 e. The number of nitrogens with zero attached hydrogens (tertiary/aromatic N) is 1. The second-order valence-electron chi connectivity index (χ2n) is 6.26. The van der Waals surface area contributed by atoms with E-state index < -0.39 is 21.4 Å². The summed E-state index contributed by atoms with van der Waals surface area (Å²) in [4.78, 5) is 11.6. The normalized spacial score (nSPS) is 38.2. The molecule has 1 unspecified atom stereocenters. The average Bonchev–Trinajstić information content (AvgIpc) is 3.00. The van der Waals surface area contributed by atoms with E-state index in [9.17, 15) is 18.3 Å². The van der Waals surface area contributed by atoms with E-state index >= 15 is 0 Å². The van der Waals surface area contributed by atoms with Crippen molar-refractivity contribution in [1.82, 2.24) is 4.31 Å². The Morgan fingerprint density at radius 3 is 2.75 bits per heavy atom. The molecule has 0 spiro atoms. The third kappa shape index (κ3) is 2.25. The van der Waals surface area contributed by atoms with Gasteiger partial charge in [-0.05, 0) is 31.6 Å².